The number of rotatable bonds is 6. The molecule has 30 heavy (non-hydrogen) atoms. The van der Waals surface area contributed by atoms with Crippen LogP contribution in [0.25, 0.3) is 32.3 Å². The predicted molar refractivity (Wildman–Crippen MR) is 93.9 cm³/mol. The summed E-state index contributed by atoms with van der Waals surface area (Å²) in [6, 6.07) is 10.1. The fourth-order valence-corrected chi connectivity index (χ4v) is 4.26. The van der Waals surface area contributed by atoms with Crippen LogP contribution in [0.4, 0.5) is 0 Å². The minimum Gasteiger partial charge on any atom is -0.744 e. The van der Waals surface area contributed by atoms with Crippen LogP contribution in [0.15, 0.2) is 68.6 Å². The minimum atomic E-state index is -5.52. The molecule has 0 saturated carbocycles. The first-order valence-corrected chi connectivity index (χ1v) is 9.88. The summed E-state index contributed by atoms with van der Waals surface area (Å²) >= 11 is 0. The zero-order valence-corrected chi connectivity index (χ0v) is 21.2. The molecular formula is C14H8N6Na2O6S2. The van der Waals surface area contributed by atoms with Crippen molar-refractivity contribution in [3.8, 4) is 0 Å². The van der Waals surface area contributed by atoms with Gasteiger partial charge in [0.05, 0.1) is 21.2 Å². The van der Waals surface area contributed by atoms with Crippen molar-refractivity contribution in [3.05, 3.63) is 80.5 Å². The molecule has 0 saturated heterocycles. The Bertz CT molecular complexity index is 1270. The van der Waals surface area contributed by atoms with Gasteiger partial charge < -0.3 is 9.11 Å². The van der Waals surface area contributed by atoms with Gasteiger partial charge in [-0.25, -0.2) is 16.8 Å². The van der Waals surface area contributed by atoms with Crippen molar-refractivity contribution in [2.75, 3.05) is 0 Å². The quantitative estimate of drug-likeness (QED) is 0.108. The summed E-state index contributed by atoms with van der Waals surface area (Å²) in [5.41, 5.74) is 16.2. The van der Waals surface area contributed by atoms with Crippen LogP contribution in [0, 0.1) is 0 Å². The molecule has 0 aromatic heterocycles. The van der Waals surface area contributed by atoms with Crippen LogP contribution in [-0.2, 0) is 20.2 Å². The topological polar surface area (TPSA) is 212 Å². The zero-order chi connectivity index (χ0) is 20.9. The largest absolute Gasteiger partial charge is 1.00 e. The Morgan fingerprint density at radius 3 is 1.77 bits per heavy atom. The van der Waals surface area contributed by atoms with Gasteiger partial charge in [0.15, 0.2) is 0 Å². The molecule has 144 valence electrons. The van der Waals surface area contributed by atoms with E-state index in [-0.39, 0.29) is 70.4 Å². The van der Waals surface area contributed by atoms with Crippen LogP contribution >= 0.6 is 0 Å². The molecule has 0 amide bonds. The normalized spacial score (nSPS) is 11.5. The molecule has 0 unspecified atom stereocenters. The first-order valence-electron chi connectivity index (χ1n) is 7.06. The van der Waals surface area contributed by atoms with Gasteiger partial charge in [0.2, 0.25) is 0 Å². The fraction of sp³-hybridized carbons (Fsp3) is 0. The summed E-state index contributed by atoms with van der Waals surface area (Å²) in [6.07, 6.45) is 0. The van der Waals surface area contributed by atoms with Gasteiger partial charge in [0, 0.05) is 15.4 Å². The summed E-state index contributed by atoms with van der Waals surface area (Å²) in [5.74, 6) is 0. The van der Waals surface area contributed by atoms with Gasteiger partial charge >= 0.3 is 59.1 Å². The second-order valence-corrected chi connectivity index (χ2v) is 7.65. The van der Waals surface area contributed by atoms with Crippen molar-refractivity contribution in [1.82, 2.24) is 0 Å². The standard InChI is InChI=1S/C14H10N6O6S2.2Na/c15-19-17-12(9-5-2-1-3-6-9)13(18-20-16)10-7-4-8-11(27(21,22)23)14(10)28(24,25)26;;/h1-8H,(H,21,22,23)(H,24,25,26);;/q;2*+1/p-2. The summed E-state index contributed by atoms with van der Waals surface area (Å²) in [4.78, 5) is 2.37. The first-order chi connectivity index (χ1) is 13.1. The third-order valence-corrected chi connectivity index (χ3v) is 5.26. The monoisotopic (exact) mass is 466 g/mol. The van der Waals surface area contributed by atoms with Gasteiger partial charge in [-0.1, -0.05) is 52.7 Å². The van der Waals surface area contributed by atoms with Crippen molar-refractivity contribution < 1.29 is 85.1 Å². The van der Waals surface area contributed by atoms with Gasteiger partial charge in [-0.2, -0.15) is 0 Å². The van der Waals surface area contributed by atoms with E-state index < -0.39 is 41.3 Å². The van der Waals surface area contributed by atoms with E-state index in [1.165, 1.54) is 24.3 Å². The molecular weight excluding hydrogens is 458 g/mol. The Labute approximate surface area is 215 Å². The van der Waals surface area contributed by atoms with E-state index in [4.69, 9.17) is 11.1 Å². The number of nitrogens with zero attached hydrogens (tertiary/aromatic N) is 6. The molecule has 2 rings (SSSR count). The van der Waals surface area contributed by atoms with Gasteiger partial charge in [0.1, 0.15) is 20.2 Å². The van der Waals surface area contributed by atoms with Crippen LogP contribution in [0.1, 0.15) is 11.1 Å². The minimum absolute atomic E-state index is 0. The molecule has 16 heteroatoms. The molecule has 0 aliphatic rings. The maximum absolute atomic E-state index is 11.7. The molecule has 12 nitrogen and oxygen atoms in total. The molecule has 0 radical (unpaired) electrons. The van der Waals surface area contributed by atoms with Gasteiger partial charge in [-0.05, 0) is 22.7 Å². The predicted octanol–water partition coefficient (Wildman–Crippen LogP) is -3.05. The maximum atomic E-state index is 11.7. The summed E-state index contributed by atoms with van der Waals surface area (Å²) in [7, 11) is -10.9. The molecule has 0 heterocycles. The van der Waals surface area contributed by atoms with Crippen LogP contribution in [0.3, 0.4) is 0 Å². The van der Waals surface area contributed by atoms with Crippen LogP contribution in [0.2, 0.25) is 0 Å². The third-order valence-electron chi connectivity index (χ3n) is 3.31. The summed E-state index contributed by atoms with van der Waals surface area (Å²) < 4.78 is 69.5. The van der Waals surface area contributed by atoms with E-state index in [9.17, 15) is 25.9 Å². The Hall–Kier alpha value is -1.38. The SMILES string of the molecule is [N-]=[N+]=NC(=C(N=[N+]=[N-])c1cccc(S(=O)(=O)[O-])c1S(=O)(=O)[O-])c1ccccc1.[Na+].[Na+]. The van der Waals surface area contributed by atoms with Crippen molar-refractivity contribution in [2.24, 2.45) is 10.2 Å². The smallest absolute Gasteiger partial charge is 0.744 e. The van der Waals surface area contributed by atoms with E-state index in [0.717, 1.165) is 12.1 Å². The molecule has 2 aromatic rings. The molecule has 0 aliphatic carbocycles. The Balaban J connectivity index is 0.00000420. The van der Waals surface area contributed by atoms with Crippen molar-refractivity contribution >= 4 is 31.6 Å². The van der Waals surface area contributed by atoms with E-state index in [1.807, 2.05) is 0 Å². The number of hydrogen-bond acceptors (Lipinski definition) is 8. The second kappa shape index (κ2) is 11.9. The van der Waals surface area contributed by atoms with Crippen molar-refractivity contribution in [1.29, 1.82) is 0 Å². The number of benzene rings is 2. The Morgan fingerprint density at radius 2 is 1.30 bits per heavy atom. The summed E-state index contributed by atoms with van der Waals surface area (Å²) in [5, 5.41) is 6.66. The fourth-order valence-electron chi connectivity index (χ4n) is 2.31. The number of hydrogen-bond donors (Lipinski definition) is 0. The van der Waals surface area contributed by atoms with Crippen LogP contribution in [-0.4, -0.2) is 25.9 Å². The second-order valence-electron chi connectivity index (χ2n) is 4.98. The molecule has 2 aromatic carbocycles. The molecule has 0 atom stereocenters. The maximum Gasteiger partial charge on any atom is 1.00 e. The third kappa shape index (κ3) is 6.82. The van der Waals surface area contributed by atoms with Crippen LogP contribution in [0.5, 0.6) is 0 Å². The van der Waals surface area contributed by atoms with Crippen molar-refractivity contribution in [2.45, 2.75) is 9.79 Å². The first kappa shape index (κ1) is 28.6. The van der Waals surface area contributed by atoms with E-state index in [2.05, 4.69) is 20.1 Å². The Morgan fingerprint density at radius 1 is 0.767 bits per heavy atom. The van der Waals surface area contributed by atoms with Gasteiger partial charge in [0.25, 0.3) is 0 Å². The number of azide groups is 2. The molecule has 0 N–H and O–H groups in total. The van der Waals surface area contributed by atoms with E-state index in [1.54, 1.807) is 6.07 Å². The van der Waals surface area contributed by atoms with Crippen LogP contribution < -0.4 is 59.1 Å². The average molecular weight is 466 g/mol. The molecule has 0 aliphatic heterocycles. The van der Waals surface area contributed by atoms with E-state index in [0.29, 0.717) is 6.07 Å². The van der Waals surface area contributed by atoms with Crippen molar-refractivity contribution in [3.63, 3.8) is 0 Å². The average Bonchev–Trinajstić information content (AvgIpc) is 2.63. The molecule has 0 bridgehead atoms. The zero-order valence-electron chi connectivity index (χ0n) is 15.6. The van der Waals surface area contributed by atoms with Gasteiger partial charge in [-0.15, -0.1) is 0 Å². The van der Waals surface area contributed by atoms with E-state index >= 15 is 0 Å². The Kier molecular flexibility index (Phi) is 11.3. The summed E-state index contributed by atoms with van der Waals surface area (Å²) in [6.45, 7) is 0. The molecule has 0 fully saturated rings. The molecule has 0 spiro atoms. The van der Waals surface area contributed by atoms with Gasteiger partial charge in [-0.3, -0.25) is 0 Å².